The third-order valence-corrected chi connectivity index (χ3v) is 3.92. The van der Waals surface area contributed by atoms with Crippen molar-refractivity contribution in [3.8, 4) is 11.5 Å². The molecule has 0 spiro atoms. The molecule has 5 heteroatoms. The minimum absolute atomic E-state index is 0. The molecule has 1 amide bonds. The van der Waals surface area contributed by atoms with Crippen LogP contribution >= 0.6 is 0 Å². The summed E-state index contributed by atoms with van der Waals surface area (Å²) in [6, 6.07) is 5.58. The molecule has 1 N–H and O–H groups in total. The van der Waals surface area contributed by atoms with Gasteiger partial charge in [-0.15, -0.1) is 0 Å². The number of ether oxygens (including phenoxy) is 3. The zero-order chi connectivity index (χ0) is 19.7. The van der Waals surface area contributed by atoms with Gasteiger partial charge in [0.25, 0.3) is 0 Å². The van der Waals surface area contributed by atoms with Gasteiger partial charge in [-0.3, -0.25) is 4.79 Å². The zero-order valence-electron chi connectivity index (χ0n) is 17.3. The first-order chi connectivity index (χ1) is 12.3. The second-order valence-electron chi connectivity index (χ2n) is 7.78. The molecule has 2 rings (SSSR count). The first-order valence-corrected chi connectivity index (χ1v) is 9.51. The van der Waals surface area contributed by atoms with Crippen molar-refractivity contribution in [2.45, 2.75) is 60.9 Å². The quantitative estimate of drug-likeness (QED) is 0.774. The largest absolute Gasteiger partial charge is 0.454 e. The van der Waals surface area contributed by atoms with E-state index in [1.165, 1.54) is 0 Å². The van der Waals surface area contributed by atoms with Gasteiger partial charge in [0.05, 0.1) is 19.1 Å². The van der Waals surface area contributed by atoms with Crippen LogP contribution in [0.4, 0.5) is 0 Å². The minimum Gasteiger partial charge on any atom is -0.454 e. The third-order valence-electron chi connectivity index (χ3n) is 3.92. The van der Waals surface area contributed by atoms with Gasteiger partial charge in [-0.2, -0.15) is 0 Å². The summed E-state index contributed by atoms with van der Waals surface area (Å²) in [7, 11) is 0. The van der Waals surface area contributed by atoms with E-state index in [-0.39, 0.29) is 25.6 Å². The van der Waals surface area contributed by atoms with Gasteiger partial charge in [-0.25, -0.2) is 0 Å². The van der Waals surface area contributed by atoms with E-state index in [0.717, 1.165) is 11.3 Å². The molecule has 1 heterocycles. The molecule has 5 nitrogen and oxygen atoms in total. The fourth-order valence-corrected chi connectivity index (χ4v) is 2.41. The monoisotopic (exact) mass is 367 g/mol. The first-order valence-electron chi connectivity index (χ1n) is 9.51. The van der Waals surface area contributed by atoms with Crippen LogP contribution < -0.4 is 14.8 Å². The van der Waals surface area contributed by atoms with Crippen molar-refractivity contribution in [1.82, 2.24) is 5.32 Å². The maximum absolute atomic E-state index is 12.4. The molecule has 0 saturated heterocycles. The maximum Gasteiger partial charge on any atom is 0.231 e. The predicted octanol–water partition coefficient (Wildman–Crippen LogP) is 4.43. The van der Waals surface area contributed by atoms with Gasteiger partial charge in [0.2, 0.25) is 12.7 Å². The summed E-state index contributed by atoms with van der Waals surface area (Å²) in [5, 5.41) is 3.11. The van der Waals surface area contributed by atoms with E-state index in [9.17, 15) is 4.79 Å². The van der Waals surface area contributed by atoms with Gasteiger partial charge in [0.1, 0.15) is 0 Å². The summed E-state index contributed by atoms with van der Waals surface area (Å²) in [5.41, 5.74) is 0.842. The van der Waals surface area contributed by atoms with Crippen molar-refractivity contribution >= 4 is 5.91 Å². The average molecular weight is 368 g/mol. The highest BCUT2D eigenvalue weighted by molar-refractivity contribution is 5.79. The van der Waals surface area contributed by atoms with Gasteiger partial charge in [0.15, 0.2) is 11.5 Å². The molecular weight excluding hydrogens is 330 g/mol. The Bertz CT molecular complexity index is 570. The van der Waals surface area contributed by atoms with Crippen LogP contribution in [0.15, 0.2) is 18.2 Å². The van der Waals surface area contributed by atoms with Crippen LogP contribution in [0.25, 0.3) is 0 Å². The molecule has 0 fully saturated rings. The second kappa shape index (κ2) is 10.4. The van der Waals surface area contributed by atoms with E-state index >= 15 is 0 Å². The van der Waals surface area contributed by atoms with Crippen molar-refractivity contribution in [3.63, 3.8) is 0 Å². The number of fused-ring (bicyclic) bond motifs is 1. The molecule has 26 heavy (non-hydrogen) atoms. The highest BCUT2D eigenvalue weighted by atomic mass is 16.7. The van der Waals surface area contributed by atoms with Gasteiger partial charge in [-0.05, 0) is 29.0 Å². The van der Waals surface area contributed by atoms with E-state index in [1.807, 2.05) is 32.0 Å². The summed E-state index contributed by atoms with van der Waals surface area (Å²) in [4.78, 5) is 12.4. The van der Waals surface area contributed by atoms with Crippen LogP contribution in [0.5, 0.6) is 11.5 Å². The van der Waals surface area contributed by atoms with Gasteiger partial charge in [-0.1, -0.05) is 54.5 Å². The molecule has 0 saturated carbocycles. The molecular formula is C21H37NO4. The molecule has 0 aliphatic carbocycles. The third kappa shape index (κ3) is 7.24. The minimum atomic E-state index is -0.0679. The summed E-state index contributed by atoms with van der Waals surface area (Å²) in [5.74, 6) is 1.90. The number of hydrogen-bond donors (Lipinski definition) is 1. The molecule has 1 aliphatic heterocycles. The Labute approximate surface area is 159 Å². The Morgan fingerprint density at radius 3 is 2.46 bits per heavy atom. The van der Waals surface area contributed by atoms with Gasteiger partial charge < -0.3 is 19.5 Å². The van der Waals surface area contributed by atoms with E-state index in [1.54, 1.807) is 0 Å². The highest BCUT2D eigenvalue weighted by Gasteiger charge is 2.26. The predicted molar refractivity (Wildman–Crippen MR) is 107 cm³/mol. The average Bonchev–Trinajstić information content (AvgIpc) is 3.02. The Morgan fingerprint density at radius 1 is 1.19 bits per heavy atom. The molecule has 1 aliphatic rings. The van der Waals surface area contributed by atoms with Crippen LogP contribution in [0, 0.1) is 11.3 Å². The molecule has 1 unspecified atom stereocenters. The molecule has 0 bridgehead atoms. The number of amides is 1. The molecule has 1 aromatic rings. The molecule has 150 valence electrons. The molecule has 1 atom stereocenters. The lowest BCUT2D eigenvalue weighted by atomic mass is 9.87. The SMILES string of the molecule is CC.CC(C)COCC(NC(=O)Cc1ccc2c(c1)OCO2)C(C)(C)C.[HH]. The standard InChI is InChI=1S/C19H29NO4.C2H6.H2/c1-13(2)10-22-11-17(19(3,4)5)20-18(21)9-14-6-7-15-16(8-14)24-12-23-15;1-2;/h6-8,13,17H,9-12H2,1-5H3,(H,20,21);1-2H3;1H. The molecule has 1 aromatic carbocycles. The summed E-state index contributed by atoms with van der Waals surface area (Å²) in [6.07, 6.45) is 0.313. The summed E-state index contributed by atoms with van der Waals surface area (Å²) < 4.78 is 16.4. The van der Waals surface area contributed by atoms with E-state index in [2.05, 4.69) is 39.9 Å². The number of carbonyl (C=O) groups is 1. The Kier molecular flexibility index (Phi) is 8.93. The van der Waals surface area contributed by atoms with Crippen LogP contribution in [0.1, 0.15) is 55.5 Å². The van der Waals surface area contributed by atoms with Crippen molar-refractivity contribution in [1.29, 1.82) is 0 Å². The number of nitrogens with one attached hydrogen (secondary N) is 1. The van der Waals surface area contributed by atoms with Crippen LogP contribution in [-0.4, -0.2) is 32.0 Å². The van der Waals surface area contributed by atoms with Crippen LogP contribution in [0.2, 0.25) is 0 Å². The lowest BCUT2D eigenvalue weighted by molar-refractivity contribution is -0.122. The van der Waals surface area contributed by atoms with Crippen LogP contribution in [-0.2, 0) is 16.0 Å². The molecule has 0 radical (unpaired) electrons. The van der Waals surface area contributed by atoms with Crippen molar-refractivity contribution in [3.05, 3.63) is 23.8 Å². The second-order valence-corrected chi connectivity index (χ2v) is 7.78. The lowest BCUT2D eigenvalue weighted by Crippen LogP contribution is -2.47. The number of hydrogen-bond acceptors (Lipinski definition) is 4. The topological polar surface area (TPSA) is 56.8 Å². The molecule has 0 aromatic heterocycles. The van der Waals surface area contributed by atoms with E-state index < -0.39 is 0 Å². The lowest BCUT2D eigenvalue weighted by Gasteiger charge is -2.31. The maximum atomic E-state index is 12.4. The van der Waals surface area contributed by atoms with E-state index in [4.69, 9.17) is 14.2 Å². The Hall–Kier alpha value is -1.75. The van der Waals surface area contributed by atoms with E-state index in [0.29, 0.717) is 31.3 Å². The van der Waals surface area contributed by atoms with Gasteiger partial charge in [0, 0.05) is 8.03 Å². The number of benzene rings is 1. The summed E-state index contributed by atoms with van der Waals surface area (Å²) in [6.45, 7) is 16.0. The fraction of sp³-hybridized carbons (Fsp3) is 0.667. The van der Waals surface area contributed by atoms with Crippen molar-refractivity contribution in [2.75, 3.05) is 20.0 Å². The normalized spacial score (nSPS) is 13.8. The summed E-state index contributed by atoms with van der Waals surface area (Å²) >= 11 is 0. The van der Waals surface area contributed by atoms with Gasteiger partial charge >= 0.3 is 0 Å². The highest BCUT2D eigenvalue weighted by Crippen LogP contribution is 2.32. The Balaban J connectivity index is 0.00000218. The van der Waals surface area contributed by atoms with Crippen LogP contribution in [0.3, 0.4) is 0 Å². The van der Waals surface area contributed by atoms with Crippen molar-refractivity contribution in [2.24, 2.45) is 11.3 Å². The smallest absolute Gasteiger partial charge is 0.231 e. The number of rotatable bonds is 7. The van der Waals surface area contributed by atoms with Crippen molar-refractivity contribution < 1.29 is 20.4 Å². The number of carbonyl (C=O) groups excluding carboxylic acids is 1. The first kappa shape index (κ1) is 22.3. The Morgan fingerprint density at radius 2 is 1.85 bits per heavy atom. The fourth-order valence-electron chi connectivity index (χ4n) is 2.41. The zero-order valence-corrected chi connectivity index (χ0v) is 17.3.